The molecule has 0 saturated heterocycles. The zero-order valence-corrected chi connectivity index (χ0v) is 10.7. The highest BCUT2D eigenvalue weighted by Crippen LogP contribution is 2.26. The zero-order valence-electron chi connectivity index (χ0n) is 8.27. The molecule has 1 rings (SSSR count). The zero-order chi connectivity index (χ0) is 11.6. The Bertz CT molecular complexity index is 461. The Morgan fingerprint density at radius 1 is 1.47 bits per heavy atom. The Balaban J connectivity index is 3.28. The van der Waals surface area contributed by atoms with Crippen LogP contribution in [0.3, 0.4) is 0 Å². The monoisotopic (exact) mass is 294 g/mol. The van der Waals surface area contributed by atoms with Crippen molar-refractivity contribution in [1.82, 2.24) is 4.47 Å². The lowest BCUT2D eigenvalue weighted by Crippen LogP contribution is -2.26. The van der Waals surface area contributed by atoms with Gasteiger partial charge in [-0.15, -0.1) is 0 Å². The maximum atomic E-state index is 11.8. The third-order valence-electron chi connectivity index (χ3n) is 1.83. The second kappa shape index (κ2) is 4.48. The number of benzene rings is 1. The van der Waals surface area contributed by atoms with Crippen molar-refractivity contribution in [3.8, 4) is 0 Å². The Labute approximate surface area is 97.0 Å². The van der Waals surface area contributed by atoms with Crippen molar-refractivity contribution in [3.63, 3.8) is 0 Å². The van der Waals surface area contributed by atoms with Gasteiger partial charge < -0.3 is 5.73 Å². The SMILES string of the molecule is CON(C)S(=O)(=O)c1ccc(N)cc1Br. The minimum atomic E-state index is -3.63. The molecular formula is C8H11BrN2O3S. The fourth-order valence-electron chi connectivity index (χ4n) is 0.963. The van der Waals surface area contributed by atoms with E-state index in [1.165, 1.54) is 32.4 Å². The number of sulfonamides is 1. The summed E-state index contributed by atoms with van der Waals surface area (Å²) in [6.07, 6.45) is 0. The number of nitrogen functional groups attached to an aromatic ring is 1. The van der Waals surface area contributed by atoms with Crippen molar-refractivity contribution < 1.29 is 13.3 Å². The molecule has 0 aliphatic rings. The molecule has 0 spiro atoms. The minimum absolute atomic E-state index is 0.112. The van der Waals surface area contributed by atoms with Crippen molar-refractivity contribution in [1.29, 1.82) is 0 Å². The maximum absolute atomic E-state index is 11.8. The molecule has 0 saturated carbocycles. The first kappa shape index (κ1) is 12.4. The van der Waals surface area contributed by atoms with Crippen LogP contribution in [0.4, 0.5) is 5.69 Å². The summed E-state index contributed by atoms with van der Waals surface area (Å²) >= 11 is 3.14. The lowest BCUT2D eigenvalue weighted by atomic mass is 10.3. The molecule has 0 aliphatic heterocycles. The predicted molar refractivity (Wildman–Crippen MR) is 60.5 cm³/mol. The Morgan fingerprint density at radius 2 is 2.07 bits per heavy atom. The van der Waals surface area contributed by atoms with Crippen LogP contribution < -0.4 is 5.73 Å². The summed E-state index contributed by atoms with van der Waals surface area (Å²) in [5.74, 6) is 0. The summed E-state index contributed by atoms with van der Waals surface area (Å²) in [6.45, 7) is 0. The van der Waals surface area contributed by atoms with Crippen molar-refractivity contribution in [2.75, 3.05) is 19.9 Å². The van der Waals surface area contributed by atoms with Gasteiger partial charge in [-0.25, -0.2) is 8.42 Å². The average Bonchev–Trinajstić information content (AvgIpc) is 2.15. The van der Waals surface area contributed by atoms with Crippen LogP contribution in [0.15, 0.2) is 27.6 Å². The van der Waals surface area contributed by atoms with E-state index in [1.54, 1.807) is 0 Å². The van der Waals surface area contributed by atoms with Gasteiger partial charge in [0.05, 0.1) is 12.0 Å². The topological polar surface area (TPSA) is 72.6 Å². The quantitative estimate of drug-likeness (QED) is 0.672. The molecule has 0 unspecified atom stereocenters. The summed E-state index contributed by atoms with van der Waals surface area (Å²) in [7, 11) is -1.03. The normalized spacial score (nSPS) is 12.0. The molecule has 0 atom stereocenters. The van der Waals surface area contributed by atoms with Gasteiger partial charge in [0.1, 0.15) is 0 Å². The van der Waals surface area contributed by atoms with Gasteiger partial charge in [-0.3, -0.25) is 4.84 Å². The van der Waals surface area contributed by atoms with Crippen LogP contribution in [0, 0.1) is 0 Å². The molecule has 0 fully saturated rings. The van der Waals surface area contributed by atoms with E-state index < -0.39 is 10.0 Å². The molecule has 7 heteroatoms. The third kappa shape index (κ3) is 2.49. The van der Waals surface area contributed by atoms with Gasteiger partial charge in [-0.05, 0) is 34.1 Å². The molecule has 0 radical (unpaired) electrons. The van der Waals surface area contributed by atoms with E-state index in [2.05, 4.69) is 20.8 Å². The molecule has 0 aromatic heterocycles. The largest absolute Gasteiger partial charge is 0.399 e. The van der Waals surface area contributed by atoms with Crippen LogP contribution in [-0.4, -0.2) is 27.0 Å². The molecule has 2 N–H and O–H groups in total. The minimum Gasteiger partial charge on any atom is -0.399 e. The highest BCUT2D eigenvalue weighted by molar-refractivity contribution is 9.10. The maximum Gasteiger partial charge on any atom is 0.265 e. The number of anilines is 1. The molecule has 0 aliphatic carbocycles. The molecule has 1 aromatic carbocycles. The van der Waals surface area contributed by atoms with Crippen molar-refractivity contribution >= 4 is 31.6 Å². The van der Waals surface area contributed by atoms with Crippen LogP contribution in [0.25, 0.3) is 0 Å². The lowest BCUT2D eigenvalue weighted by Gasteiger charge is -2.15. The smallest absolute Gasteiger partial charge is 0.265 e. The molecule has 0 amide bonds. The fraction of sp³-hybridized carbons (Fsp3) is 0.250. The molecule has 1 aromatic rings. The van der Waals surface area contributed by atoms with E-state index in [0.717, 1.165) is 4.47 Å². The summed E-state index contributed by atoms with van der Waals surface area (Å²) < 4.78 is 24.8. The summed E-state index contributed by atoms with van der Waals surface area (Å²) in [5, 5.41) is 0. The van der Waals surface area contributed by atoms with Crippen LogP contribution in [0.5, 0.6) is 0 Å². The summed E-state index contributed by atoms with van der Waals surface area (Å²) in [5.41, 5.74) is 6.00. The number of rotatable bonds is 3. The first-order chi connectivity index (χ1) is 6.89. The van der Waals surface area contributed by atoms with Gasteiger partial charge in [-0.2, -0.15) is 0 Å². The van der Waals surface area contributed by atoms with E-state index >= 15 is 0 Å². The van der Waals surface area contributed by atoms with E-state index in [-0.39, 0.29) is 4.90 Å². The molecule has 84 valence electrons. The summed E-state index contributed by atoms with van der Waals surface area (Å²) in [6, 6.07) is 4.46. The standard InChI is InChI=1S/C8H11BrN2O3S/c1-11(14-2)15(12,13)8-4-3-6(10)5-7(8)9/h3-5H,10H2,1-2H3. The van der Waals surface area contributed by atoms with Crippen LogP contribution >= 0.6 is 15.9 Å². The van der Waals surface area contributed by atoms with Gasteiger partial charge in [0.2, 0.25) is 0 Å². The molecule has 0 bridgehead atoms. The lowest BCUT2D eigenvalue weighted by molar-refractivity contribution is -0.0259. The highest BCUT2D eigenvalue weighted by Gasteiger charge is 2.23. The Morgan fingerprint density at radius 3 is 2.53 bits per heavy atom. The van der Waals surface area contributed by atoms with E-state index in [1.807, 2.05) is 0 Å². The highest BCUT2D eigenvalue weighted by atomic mass is 79.9. The number of hydroxylamine groups is 1. The third-order valence-corrected chi connectivity index (χ3v) is 4.49. The Kier molecular flexibility index (Phi) is 3.72. The average molecular weight is 295 g/mol. The van der Waals surface area contributed by atoms with E-state index in [0.29, 0.717) is 10.2 Å². The van der Waals surface area contributed by atoms with Crippen molar-refractivity contribution in [2.24, 2.45) is 0 Å². The first-order valence-electron chi connectivity index (χ1n) is 3.97. The second-order valence-electron chi connectivity index (χ2n) is 2.79. The van der Waals surface area contributed by atoms with Crippen molar-refractivity contribution in [2.45, 2.75) is 4.90 Å². The van der Waals surface area contributed by atoms with Gasteiger partial charge in [-0.1, -0.05) is 4.47 Å². The van der Waals surface area contributed by atoms with Crippen molar-refractivity contribution in [3.05, 3.63) is 22.7 Å². The van der Waals surface area contributed by atoms with Crippen LogP contribution in [0.1, 0.15) is 0 Å². The second-order valence-corrected chi connectivity index (χ2v) is 5.55. The number of hydrogen-bond donors (Lipinski definition) is 1. The molecule has 0 heterocycles. The van der Waals surface area contributed by atoms with Gasteiger partial charge in [0.15, 0.2) is 0 Å². The number of nitrogens with two attached hydrogens (primary N) is 1. The number of halogens is 1. The molecular weight excluding hydrogens is 284 g/mol. The van der Waals surface area contributed by atoms with E-state index in [4.69, 9.17) is 5.73 Å². The predicted octanol–water partition coefficient (Wildman–Crippen LogP) is 1.21. The Hall–Kier alpha value is -0.630. The van der Waals surface area contributed by atoms with Crippen LogP contribution in [0.2, 0.25) is 0 Å². The van der Waals surface area contributed by atoms with Gasteiger partial charge in [0, 0.05) is 17.2 Å². The fourth-order valence-corrected chi connectivity index (χ4v) is 2.99. The molecule has 15 heavy (non-hydrogen) atoms. The summed E-state index contributed by atoms with van der Waals surface area (Å²) in [4.78, 5) is 4.76. The van der Waals surface area contributed by atoms with Gasteiger partial charge in [0.25, 0.3) is 10.0 Å². The molecule has 5 nitrogen and oxygen atoms in total. The van der Waals surface area contributed by atoms with Gasteiger partial charge >= 0.3 is 0 Å². The first-order valence-corrected chi connectivity index (χ1v) is 6.21. The number of nitrogens with zero attached hydrogens (tertiary/aromatic N) is 1. The van der Waals surface area contributed by atoms with E-state index in [9.17, 15) is 8.42 Å². The number of hydrogen-bond acceptors (Lipinski definition) is 4. The van der Waals surface area contributed by atoms with Crippen LogP contribution in [-0.2, 0) is 14.9 Å².